The largest absolute Gasteiger partial charge is 0.341 e. The van der Waals surface area contributed by atoms with Gasteiger partial charge in [0.1, 0.15) is 0 Å². The van der Waals surface area contributed by atoms with Crippen LogP contribution in [0.3, 0.4) is 0 Å². The molecule has 1 saturated heterocycles. The van der Waals surface area contributed by atoms with Crippen LogP contribution in [0.4, 0.5) is 0 Å². The standard InChI is InChI=1S/C17H23N3O3S2/c1-4-20-15-8-6-5-7-14(15)18-17(20)24-12(2)16(21)19(3)13-9-10-25(22,23)11-13/h5-8,12-13H,4,9-11H2,1-3H3. The van der Waals surface area contributed by atoms with E-state index in [1.54, 1.807) is 11.9 Å². The van der Waals surface area contributed by atoms with Crippen molar-refractivity contribution in [3.8, 4) is 0 Å². The molecular weight excluding hydrogens is 358 g/mol. The van der Waals surface area contributed by atoms with E-state index in [9.17, 15) is 13.2 Å². The van der Waals surface area contributed by atoms with Gasteiger partial charge in [-0.15, -0.1) is 0 Å². The van der Waals surface area contributed by atoms with Crippen molar-refractivity contribution >= 4 is 38.5 Å². The molecule has 8 heteroatoms. The summed E-state index contributed by atoms with van der Waals surface area (Å²) in [5, 5.41) is 0.493. The number of carbonyl (C=O) groups is 1. The molecule has 2 aromatic rings. The third-order valence-electron chi connectivity index (χ3n) is 4.67. The van der Waals surface area contributed by atoms with E-state index in [0.29, 0.717) is 6.42 Å². The van der Waals surface area contributed by atoms with Crippen LogP contribution in [0.15, 0.2) is 29.4 Å². The number of aryl methyl sites for hydroxylation is 1. The molecule has 136 valence electrons. The highest BCUT2D eigenvalue weighted by Crippen LogP contribution is 2.29. The molecule has 25 heavy (non-hydrogen) atoms. The predicted octanol–water partition coefficient (Wildman–Crippen LogP) is 2.18. The van der Waals surface area contributed by atoms with Crippen LogP contribution in [0.1, 0.15) is 20.3 Å². The fourth-order valence-corrected chi connectivity index (χ4v) is 6.07. The maximum Gasteiger partial charge on any atom is 0.235 e. The van der Waals surface area contributed by atoms with Gasteiger partial charge >= 0.3 is 0 Å². The summed E-state index contributed by atoms with van der Waals surface area (Å²) in [4.78, 5) is 19.0. The first-order chi connectivity index (χ1) is 11.8. The number of benzene rings is 1. The number of para-hydroxylation sites is 2. The highest BCUT2D eigenvalue weighted by atomic mass is 32.2. The summed E-state index contributed by atoms with van der Waals surface area (Å²) in [6, 6.07) is 7.71. The lowest BCUT2D eigenvalue weighted by atomic mass is 10.2. The number of amides is 1. The Balaban J connectivity index is 1.75. The number of fused-ring (bicyclic) bond motifs is 1. The molecule has 1 aliphatic rings. The van der Waals surface area contributed by atoms with Crippen LogP contribution in [-0.4, -0.2) is 58.6 Å². The number of nitrogens with zero attached hydrogens (tertiary/aromatic N) is 3. The molecule has 0 spiro atoms. The summed E-state index contributed by atoms with van der Waals surface area (Å²) < 4.78 is 25.4. The molecular formula is C17H23N3O3S2. The summed E-state index contributed by atoms with van der Waals surface area (Å²) in [7, 11) is -1.30. The van der Waals surface area contributed by atoms with Crippen molar-refractivity contribution in [1.29, 1.82) is 0 Å². The Kier molecular flexibility index (Phi) is 5.11. The smallest absolute Gasteiger partial charge is 0.235 e. The number of hydrogen-bond donors (Lipinski definition) is 0. The second-order valence-electron chi connectivity index (χ2n) is 6.39. The molecule has 1 aromatic carbocycles. The van der Waals surface area contributed by atoms with Gasteiger partial charge in [0.2, 0.25) is 5.91 Å². The lowest BCUT2D eigenvalue weighted by Crippen LogP contribution is -2.41. The first-order valence-corrected chi connectivity index (χ1v) is 11.1. The van der Waals surface area contributed by atoms with E-state index in [0.717, 1.165) is 22.7 Å². The minimum atomic E-state index is -3.00. The average Bonchev–Trinajstić information content (AvgIpc) is 3.12. The Morgan fingerprint density at radius 3 is 2.80 bits per heavy atom. The van der Waals surface area contributed by atoms with Crippen molar-refractivity contribution < 1.29 is 13.2 Å². The highest BCUT2D eigenvalue weighted by Gasteiger charge is 2.34. The van der Waals surface area contributed by atoms with Crippen LogP contribution in [0, 0.1) is 0 Å². The predicted molar refractivity (Wildman–Crippen MR) is 101 cm³/mol. The zero-order valence-electron chi connectivity index (χ0n) is 14.7. The SMILES string of the molecule is CCn1c(SC(C)C(=O)N(C)C2CCS(=O)(=O)C2)nc2ccccc21. The summed E-state index contributed by atoms with van der Waals surface area (Å²) in [6.07, 6.45) is 0.523. The van der Waals surface area contributed by atoms with Crippen LogP contribution in [0.25, 0.3) is 11.0 Å². The van der Waals surface area contributed by atoms with Gasteiger partial charge in [0.15, 0.2) is 15.0 Å². The summed E-state index contributed by atoms with van der Waals surface area (Å²) >= 11 is 1.43. The van der Waals surface area contributed by atoms with Gasteiger partial charge in [0, 0.05) is 19.6 Å². The Bertz CT molecular complexity index is 892. The first-order valence-electron chi connectivity index (χ1n) is 8.41. The maximum absolute atomic E-state index is 12.7. The summed E-state index contributed by atoms with van der Waals surface area (Å²) in [6.45, 7) is 4.69. The van der Waals surface area contributed by atoms with Crippen LogP contribution >= 0.6 is 11.8 Å². The van der Waals surface area contributed by atoms with Crippen molar-refractivity contribution in [1.82, 2.24) is 14.5 Å². The molecule has 1 amide bonds. The number of rotatable bonds is 5. The summed E-state index contributed by atoms with van der Waals surface area (Å²) in [5.41, 5.74) is 1.98. The molecule has 1 fully saturated rings. The Morgan fingerprint density at radius 1 is 1.44 bits per heavy atom. The van der Waals surface area contributed by atoms with Crippen molar-refractivity contribution in [2.75, 3.05) is 18.6 Å². The third kappa shape index (κ3) is 3.69. The average molecular weight is 382 g/mol. The molecule has 2 unspecified atom stereocenters. The van der Waals surface area contributed by atoms with Crippen molar-refractivity contribution in [2.24, 2.45) is 0 Å². The van der Waals surface area contributed by atoms with E-state index >= 15 is 0 Å². The van der Waals surface area contributed by atoms with E-state index in [-0.39, 0.29) is 28.7 Å². The number of thioether (sulfide) groups is 1. The highest BCUT2D eigenvalue weighted by molar-refractivity contribution is 8.00. The molecule has 0 radical (unpaired) electrons. The van der Waals surface area contributed by atoms with E-state index in [2.05, 4.69) is 16.5 Å². The van der Waals surface area contributed by atoms with Crippen molar-refractivity contribution in [2.45, 2.75) is 43.3 Å². The Hall–Kier alpha value is -1.54. The van der Waals surface area contributed by atoms with Gasteiger partial charge in [-0.25, -0.2) is 13.4 Å². The van der Waals surface area contributed by atoms with E-state index in [1.807, 2.05) is 31.2 Å². The molecule has 2 heterocycles. The Labute approximate surface area is 152 Å². The van der Waals surface area contributed by atoms with Crippen molar-refractivity contribution in [3.63, 3.8) is 0 Å². The van der Waals surface area contributed by atoms with Crippen molar-refractivity contribution in [3.05, 3.63) is 24.3 Å². The topological polar surface area (TPSA) is 72.3 Å². The quantitative estimate of drug-likeness (QED) is 0.743. The molecule has 0 N–H and O–H groups in total. The minimum Gasteiger partial charge on any atom is -0.341 e. The lowest BCUT2D eigenvalue weighted by Gasteiger charge is -2.26. The molecule has 0 aliphatic carbocycles. The summed E-state index contributed by atoms with van der Waals surface area (Å²) in [5.74, 6) is 0.185. The van der Waals surface area contributed by atoms with Crippen LogP contribution < -0.4 is 0 Å². The van der Waals surface area contributed by atoms with Gasteiger partial charge in [-0.1, -0.05) is 23.9 Å². The lowest BCUT2D eigenvalue weighted by molar-refractivity contribution is -0.130. The van der Waals surface area contributed by atoms with Gasteiger partial charge in [-0.2, -0.15) is 0 Å². The molecule has 0 saturated carbocycles. The fraction of sp³-hybridized carbons (Fsp3) is 0.529. The number of aromatic nitrogens is 2. The normalized spacial score (nSPS) is 20.7. The third-order valence-corrected chi connectivity index (χ3v) is 7.50. The maximum atomic E-state index is 12.7. The molecule has 1 aliphatic heterocycles. The zero-order chi connectivity index (χ0) is 18.2. The van der Waals surface area contributed by atoms with Crippen LogP contribution in [-0.2, 0) is 21.2 Å². The molecule has 1 aromatic heterocycles. The number of sulfone groups is 1. The fourth-order valence-electron chi connectivity index (χ4n) is 3.21. The van der Waals surface area contributed by atoms with Crippen LogP contribution in [0.5, 0.6) is 0 Å². The zero-order valence-corrected chi connectivity index (χ0v) is 16.3. The number of imidazole rings is 1. The number of hydrogen-bond acceptors (Lipinski definition) is 5. The minimum absolute atomic E-state index is 0.0539. The molecule has 6 nitrogen and oxygen atoms in total. The van der Waals surface area contributed by atoms with E-state index in [4.69, 9.17) is 0 Å². The second-order valence-corrected chi connectivity index (χ2v) is 9.93. The van der Waals surface area contributed by atoms with Gasteiger partial charge in [0.25, 0.3) is 0 Å². The number of carbonyl (C=O) groups excluding carboxylic acids is 1. The molecule has 2 atom stereocenters. The van der Waals surface area contributed by atoms with Gasteiger partial charge in [-0.3, -0.25) is 4.79 Å². The molecule has 0 bridgehead atoms. The van der Waals surface area contributed by atoms with E-state index < -0.39 is 9.84 Å². The Morgan fingerprint density at radius 2 is 2.16 bits per heavy atom. The first kappa shape index (κ1) is 18.3. The van der Waals surface area contributed by atoms with Gasteiger partial charge in [-0.05, 0) is 32.4 Å². The van der Waals surface area contributed by atoms with Gasteiger partial charge < -0.3 is 9.47 Å². The van der Waals surface area contributed by atoms with Crippen LogP contribution in [0.2, 0.25) is 0 Å². The molecule has 3 rings (SSSR count). The monoisotopic (exact) mass is 381 g/mol. The van der Waals surface area contributed by atoms with E-state index in [1.165, 1.54) is 11.8 Å². The van der Waals surface area contributed by atoms with Gasteiger partial charge in [0.05, 0.1) is 27.8 Å². The second kappa shape index (κ2) is 6.99.